The van der Waals surface area contributed by atoms with Gasteiger partial charge in [0, 0.05) is 12.7 Å². The molecule has 3 N–H and O–H groups in total. The number of aryl methyl sites for hydroxylation is 2. The topological polar surface area (TPSA) is 83.6 Å². The zero-order chi connectivity index (χ0) is 13.9. The Bertz CT molecular complexity index is 451. The molecule has 18 heavy (non-hydrogen) atoms. The minimum atomic E-state index is -1.08. The Hall–Kier alpha value is -1.88. The number of likely N-dealkylation sites (N-methyl/N-ethyl adjacent to an activating group) is 1. The van der Waals surface area contributed by atoms with Crippen molar-refractivity contribution >= 4 is 17.6 Å². The molecule has 1 amide bonds. The molecule has 1 aromatic carbocycles. The molecule has 98 valence electrons. The SMILES string of the molecule is Cc1cc(C)cc(N(C)C(=O)C(N)CC(=O)O)c1. The molecule has 0 saturated heterocycles. The van der Waals surface area contributed by atoms with E-state index in [1.807, 2.05) is 32.0 Å². The lowest BCUT2D eigenvalue weighted by Crippen LogP contribution is -2.43. The van der Waals surface area contributed by atoms with E-state index in [2.05, 4.69) is 0 Å². The molecule has 1 unspecified atom stereocenters. The summed E-state index contributed by atoms with van der Waals surface area (Å²) in [6, 6.07) is 4.70. The van der Waals surface area contributed by atoms with E-state index < -0.39 is 17.9 Å². The van der Waals surface area contributed by atoms with Gasteiger partial charge in [-0.05, 0) is 37.1 Å². The molecule has 1 rings (SSSR count). The summed E-state index contributed by atoms with van der Waals surface area (Å²) in [6.45, 7) is 3.87. The summed E-state index contributed by atoms with van der Waals surface area (Å²) in [5, 5.41) is 8.62. The van der Waals surface area contributed by atoms with Crippen LogP contribution in [0.4, 0.5) is 5.69 Å². The number of hydrogen-bond acceptors (Lipinski definition) is 3. The maximum Gasteiger partial charge on any atom is 0.305 e. The minimum Gasteiger partial charge on any atom is -0.481 e. The first-order valence-electron chi connectivity index (χ1n) is 5.64. The molecule has 5 heteroatoms. The maximum atomic E-state index is 11.9. The van der Waals surface area contributed by atoms with Crippen LogP contribution in [-0.2, 0) is 9.59 Å². The van der Waals surface area contributed by atoms with E-state index in [0.29, 0.717) is 0 Å². The molecule has 0 bridgehead atoms. The van der Waals surface area contributed by atoms with Crippen molar-refractivity contribution in [2.24, 2.45) is 5.73 Å². The van der Waals surface area contributed by atoms with Crippen LogP contribution < -0.4 is 10.6 Å². The van der Waals surface area contributed by atoms with E-state index in [0.717, 1.165) is 16.8 Å². The number of aliphatic carboxylic acids is 1. The number of carbonyl (C=O) groups excluding carboxylic acids is 1. The summed E-state index contributed by atoms with van der Waals surface area (Å²) in [5.41, 5.74) is 8.36. The lowest BCUT2D eigenvalue weighted by Gasteiger charge is -2.21. The molecule has 0 heterocycles. The van der Waals surface area contributed by atoms with Crippen molar-refractivity contribution in [1.82, 2.24) is 0 Å². The van der Waals surface area contributed by atoms with Crippen LogP contribution in [0.15, 0.2) is 18.2 Å². The number of nitrogens with two attached hydrogens (primary N) is 1. The van der Waals surface area contributed by atoms with Crippen LogP contribution in [0.25, 0.3) is 0 Å². The zero-order valence-electron chi connectivity index (χ0n) is 10.8. The van der Waals surface area contributed by atoms with Crippen LogP contribution in [0, 0.1) is 13.8 Å². The number of amides is 1. The Morgan fingerprint density at radius 1 is 1.28 bits per heavy atom. The molecular weight excluding hydrogens is 232 g/mol. The molecule has 0 aliphatic rings. The second-order valence-electron chi connectivity index (χ2n) is 4.45. The Labute approximate surface area is 106 Å². The average molecular weight is 250 g/mol. The van der Waals surface area contributed by atoms with Gasteiger partial charge in [0.2, 0.25) is 5.91 Å². The number of hydrogen-bond donors (Lipinski definition) is 2. The number of carboxylic acid groups (broad SMARTS) is 1. The van der Waals surface area contributed by atoms with Crippen molar-refractivity contribution in [2.45, 2.75) is 26.3 Å². The van der Waals surface area contributed by atoms with Gasteiger partial charge < -0.3 is 15.7 Å². The molecule has 0 saturated carbocycles. The zero-order valence-corrected chi connectivity index (χ0v) is 10.8. The van der Waals surface area contributed by atoms with Gasteiger partial charge in [0.15, 0.2) is 0 Å². The van der Waals surface area contributed by atoms with E-state index in [1.54, 1.807) is 7.05 Å². The van der Waals surface area contributed by atoms with Crippen molar-refractivity contribution in [3.8, 4) is 0 Å². The van der Waals surface area contributed by atoms with Crippen LogP contribution in [0.5, 0.6) is 0 Å². The number of anilines is 1. The molecule has 1 atom stereocenters. The summed E-state index contributed by atoms with van der Waals surface area (Å²) >= 11 is 0. The lowest BCUT2D eigenvalue weighted by molar-refractivity contribution is -0.139. The Kier molecular flexibility index (Phi) is 4.44. The van der Waals surface area contributed by atoms with Crippen molar-refractivity contribution in [2.75, 3.05) is 11.9 Å². The second-order valence-corrected chi connectivity index (χ2v) is 4.45. The number of rotatable bonds is 4. The maximum absolute atomic E-state index is 11.9. The first kappa shape index (κ1) is 14.2. The van der Waals surface area contributed by atoms with Gasteiger partial charge in [-0.25, -0.2) is 0 Å². The summed E-state index contributed by atoms with van der Waals surface area (Å²) in [4.78, 5) is 23.9. The van der Waals surface area contributed by atoms with Gasteiger partial charge in [-0.3, -0.25) is 9.59 Å². The smallest absolute Gasteiger partial charge is 0.305 e. The predicted molar refractivity (Wildman–Crippen MR) is 69.6 cm³/mol. The highest BCUT2D eigenvalue weighted by Gasteiger charge is 2.21. The quantitative estimate of drug-likeness (QED) is 0.837. The van der Waals surface area contributed by atoms with Gasteiger partial charge in [-0.2, -0.15) is 0 Å². The monoisotopic (exact) mass is 250 g/mol. The Morgan fingerprint density at radius 2 is 1.78 bits per heavy atom. The molecular formula is C13H18N2O3. The highest BCUT2D eigenvalue weighted by molar-refractivity contribution is 5.98. The summed E-state index contributed by atoms with van der Waals surface area (Å²) in [6.07, 6.45) is -0.367. The normalized spacial score (nSPS) is 12.0. The third kappa shape index (κ3) is 3.56. The van der Waals surface area contributed by atoms with Gasteiger partial charge in [-0.1, -0.05) is 6.07 Å². The van der Waals surface area contributed by atoms with E-state index >= 15 is 0 Å². The van der Waals surface area contributed by atoms with Crippen molar-refractivity contribution in [3.63, 3.8) is 0 Å². The van der Waals surface area contributed by atoms with Crippen molar-refractivity contribution in [1.29, 1.82) is 0 Å². The fraction of sp³-hybridized carbons (Fsp3) is 0.385. The third-order valence-electron chi connectivity index (χ3n) is 2.64. The molecule has 5 nitrogen and oxygen atoms in total. The molecule has 1 aromatic rings. The summed E-state index contributed by atoms with van der Waals surface area (Å²) in [7, 11) is 1.60. The largest absolute Gasteiger partial charge is 0.481 e. The molecule has 0 radical (unpaired) electrons. The third-order valence-corrected chi connectivity index (χ3v) is 2.64. The van der Waals surface area contributed by atoms with Crippen molar-refractivity contribution < 1.29 is 14.7 Å². The summed E-state index contributed by atoms with van der Waals surface area (Å²) < 4.78 is 0. The Morgan fingerprint density at radius 3 is 2.22 bits per heavy atom. The first-order valence-corrected chi connectivity index (χ1v) is 5.64. The van der Waals surface area contributed by atoms with Crippen LogP contribution in [0.2, 0.25) is 0 Å². The number of nitrogens with zero attached hydrogens (tertiary/aromatic N) is 1. The molecule has 0 aliphatic heterocycles. The molecule has 0 aromatic heterocycles. The van der Waals surface area contributed by atoms with Gasteiger partial charge in [0.25, 0.3) is 0 Å². The van der Waals surface area contributed by atoms with Crippen LogP contribution in [0.1, 0.15) is 17.5 Å². The van der Waals surface area contributed by atoms with E-state index in [1.165, 1.54) is 4.90 Å². The van der Waals surface area contributed by atoms with E-state index in [4.69, 9.17) is 10.8 Å². The van der Waals surface area contributed by atoms with Gasteiger partial charge in [-0.15, -0.1) is 0 Å². The van der Waals surface area contributed by atoms with E-state index in [9.17, 15) is 9.59 Å². The van der Waals surface area contributed by atoms with Crippen LogP contribution >= 0.6 is 0 Å². The van der Waals surface area contributed by atoms with Gasteiger partial charge in [0.1, 0.15) is 0 Å². The first-order chi connectivity index (χ1) is 8.31. The molecule has 0 aliphatic carbocycles. The number of carbonyl (C=O) groups is 2. The standard InChI is InChI=1S/C13H18N2O3/c1-8-4-9(2)6-10(5-8)15(3)13(18)11(14)7-12(16)17/h4-6,11H,7,14H2,1-3H3,(H,16,17). The highest BCUT2D eigenvalue weighted by atomic mass is 16.4. The molecule has 0 spiro atoms. The fourth-order valence-electron chi connectivity index (χ4n) is 1.80. The van der Waals surface area contributed by atoms with E-state index in [-0.39, 0.29) is 6.42 Å². The number of benzene rings is 1. The van der Waals surface area contributed by atoms with Crippen LogP contribution in [-0.4, -0.2) is 30.1 Å². The predicted octanol–water partition coefficient (Wildman–Crippen LogP) is 1.07. The highest BCUT2D eigenvalue weighted by Crippen LogP contribution is 2.18. The average Bonchev–Trinajstić information content (AvgIpc) is 2.24. The van der Waals surface area contributed by atoms with Crippen LogP contribution in [0.3, 0.4) is 0 Å². The Balaban J connectivity index is 2.89. The number of carboxylic acids is 1. The second kappa shape index (κ2) is 5.64. The minimum absolute atomic E-state index is 0.367. The fourth-order valence-corrected chi connectivity index (χ4v) is 1.80. The lowest BCUT2D eigenvalue weighted by atomic mass is 10.1. The molecule has 0 fully saturated rings. The summed E-state index contributed by atoms with van der Waals surface area (Å²) in [5.74, 6) is -1.48. The van der Waals surface area contributed by atoms with Gasteiger partial charge in [0.05, 0.1) is 12.5 Å². The van der Waals surface area contributed by atoms with Crippen molar-refractivity contribution in [3.05, 3.63) is 29.3 Å². The van der Waals surface area contributed by atoms with Gasteiger partial charge >= 0.3 is 5.97 Å².